The first-order chi connectivity index (χ1) is 16.0. The summed E-state index contributed by atoms with van der Waals surface area (Å²) in [5.41, 5.74) is 6.01. The van der Waals surface area contributed by atoms with Crippen LogP contribution < -0.4 is 5.56 Å². The molecule has 6 rings (SSSR count). The molecule has 0 N–H and O–H groups in total. The summed E-state index contributed by atoms with van der Waals surface area (Å²) in [6.45, 7) is 7.56. The second-order valence-corrected chi connectivity index (χ2v) is 9.75. The molecule has 2 fully saturated rings. The molecule has 1 aliphatic carbocycles. The average Bonchev–Trinajstić information content (AvgIpc) is 3.56. The molecule has 5 heterocycles. The zero-order valence-corrected chi connectivity index (χ0v) is 19.5. The van der Waals surface area contributed by atoms with E-state index in [9.17, 15) is 4.79 Å². The predicted molar refractivity (Wildman–Crippen MR) is 129 cm³/mol. The van der Waals surface area contributed by atoms with Crippen LogP contribution in [-0.4, -0.2) is 47.5 Å². The van der Waals surface area contributed by atoms with E-state index < -0.39 is 0 Å². The molecule has 33 heavy (non-hydrogen) atoms. The Labute approximate surface area is 193 Å². The van der Waals surface area contributed by atoms with Crippen molar-refractivity contribution in [2.24, 2.45) is 0 Å². The van der Waals surface area contributed by atoms with Gasteiger partial charge in [-0.2, -0.15) is 5.10 Å². The summed E-state index contributed by atoms with van der Waals surface area (Å²) in [5.74, 6) is 0.493. The van der Waals surface area contributed by atoms with Gasteiger partial charge in [0.1, 0.15) is 11.3 Å². The van der Waals surface area contributed by atoms with Crippen LogP contribution in [0.25, 0.3) is 22.6 Å². The number of fused-ring (bicyclic) bond motifs is 2. The van der Waals surface area contributed by atoms with Gasteiger partial charge < -0.3 is 0 Å². The summed E-state index contributed by atoms with van der Waals surface area (Å²) in [6, 6.07) is 9.13. The Bertz CT molecular complexity index is 1420. The van der Waals surface area contributed by atoms with Gasteiger partial charge in [-0.25, -0.2) is 9.50 Å². The van der Waals surface area contributed by atoms with Crippen molar-refractivity contribution in [1.82, 2.24) is 28.9 Å². The van der Waals surface area contributed by atoms with Crippen LogP contribution in [0.1, 0.15) is 62.4 Å². The first-order valence-electron chi connectivity index (χ1n) is 12.2. The van der Waals surface area contributed by atoms with Gasteiger partial charge in [-0.05, 0) is 76.1 Å². The second-order valence-electron chi connectivity index (χ2n) is 9.75. The number of aromatic nitrogens is 5. The highest BCUT2D eigenvalue weighted by Gasteiger charge is 2.36. The van der Waals surface area contributed by atoms with Crippen LogP contribution in [0.3, 0.4) is 0 Å². The van der Waals surface area contributed by atoms with Gasteiger partial charge in [0.15, 0.2) is 0 Å². The molecule has 0 amide bonds. The first kappa shape index (κ1) is 20.5. The van der Waals surface area contributed by atoms with Crippen molar-refractivity contribution in [1.29, 1.82) is 0 Å². The minimum Gasteiger partial charge on any atom is -0.298 e. The number of aryl methyl sites for hydroxylation is 2. The Balaban J connectivity index is 1.34. The fourth-order valence-corrected chi connectivity index (χ4v) is 5.50. The van der Waals surface area contributed by atoms with Crippen LogP contribution in [-0.2, 0) is 6.42 Å². The van der Waals surface area contributed by atoms with E-state index in [0.717, 1.165) is 48.8 Å². The molecule has 4 aromatic heterocycles. The van der Waals surface area contributed by atoms with E-state index >= 15 is 0 Å². The molecule has 1 aliphatic heterocycles. The lowest BCUT2D eigenvalue weighted by Crippen LogP contribution is -2.41. The predicted octanol–water partition coefficient (Wildman–Crippen LogP) is 4.01. The maximum absolute atomic E-state index is 13.1. The van der Waals surface area contributed by atoms with E-state index in [-0.39, 0.29) is 5.56 Å². The first-order valence-corrected chi connectivity index (χ1v) is 12.2. The molecule has 7 heteroatoms. The molecular formula is C26H30N6O. The van der Waals surface area contributed by atoms with Crippen LogP contribution >= 0.6 is 0 Å². The number of pyridine rings is 1. The van der Waals surface area contributed by atoms with Gasteiger partial charge >= 0.3 is 0 Å². The lowest BCUT2D eigenvalue weighted by Gasteiger charge is -2.38. The molecule has 1 saturated heterocycles. The van der Waals surface area contributed by atoms with E-state index in [1.807, 2.05) is 36.0 Å². The van der Waals surface area contributed by atoms with Crippen molar-refractivity contribution in [3.63, 3.8) is 0 Å². The monoisotopic (exact) mass is 442 g/mol. The molecule has 0 aromatic carbocycles. The third-order valence-electron chi connectivity index (χ3n) is 7.35. The lowest BCUT2D eigenvalue weighted by molar-refractivity contribution is 0.138. The van der Waals surface area contributed by atoms with Gasteiger partial charge in [-0.3, -0.25) is 19.1 Å². The highest BCUT2D eigenvalue weighted by molar-refractivity contribution is 5.66. The lowest BCUT2D eigenvalue weighted by atomic mass is 9.86. The van der Waals surface area contributed by atoms with Gasteiger partial charge in [0.2, 0.25) is 0 Å². The topological polar surface area (TPSA) is 67.8 Å². The molecule has 4 aromatic rings. The Kier molecular flexibility index (Phi) is 4.83. The number of likely N-dealkylation sites (tertiary alicyclic amines) is 1. The third kappa shape index (κ3) is 3.64. The molecule has 1 unspecified atom stereocenters. The Hall–Kier alpha value is -3.06. The van der Waals surface area contributed by atoms with Crippen LogP contribution in [0.4, 0.5) is 0 Å². The van der Waals surface area contributed by atoms with E-state index in [4.69, 9.17) is 4.98 Å². The second kappa shape index (κ2) is 7.76. The van der Waals surface area contributed by atoms with Crippen molar-refractivity contribution in [2.45, 2.75) is 70.9 Å². The third-order valence-corrected chi connectivity index (χ3v) is 7.35. The van der Waals surface area contributed by atoms with Gasteiger partial charge in [0, 0.05) is 24.3 Å². The zero-order chi connectivity index (χ0) is 22.7. The largest absolute Gasteiger partial charge is 0.298 e. The van der Waals surface area contributed by atoms with Gasteiger partial charge in [0.25, 0.3) is 5.56 Å². The van der Waals surface area contributed by atoms with Crippen molar-refractivity contribution >= 4 is 11.2 Å². The SMILES string of the molecule is CCc1nc(C)cn2nc(-c3cc(=O)n4cc(C5CCN(C6CC6)[C@H](C)C5)ccc4n3)cc12. The van der Waals surface area contributed by atoms with E-state index in [1.54, 1.807) is 10.5 Å². The molecule has 0 bridgehead atoms. The molecule has 0 radical (unpaired) electrons. The average molecular weight is 443 g/mol. The standard InChI is InChI=1S/C26H30N6O/c1-4-21-24-12-23(29-32(24)14-16(2)27-21)22-13-26(33)31-15-19(5-8-25(31)28-22)18-9-10-30(17(3)11-18)20-6-7-20/h5,8,12-15,17-18,20H,4,6-7,9-11H2,1-3H3/t17-,18?/m1/s1. The number of hydrogen-bond acceptors (Lipinski definition) is 5. The van der Waals surface area contributed by atoms with Gasteiger partial charge in [-0.15, -0.1) is 0 Å². The van der Waals surface area contributed by atoms with Crippen molar-refractivity contribution in [3.05, 3.63) is 64.0 Å². The minimum atomic E-state index is -0.0672. The number of rotatable bonds is 4. The maximum Gasteiger partial charge on any atom is 0.258 e. The van der Waals surface area contributed by atoms with Gasteiger partial charge in [-0.1, -0.05) is 13.0 Å². The summed E-state index contributed by atoms with van der Waals surface area (Å²) in [5, 5.41) is 4.69. The van der Waals surface area contributed by atoms with Crippen LogP contribution in [0, 0.1) is 6.92 Å². The summed E-state index contributed by atoms with van der Waals surface area (Å²) in [4.78, 5) is 25.2. The van der Waals surface area contributed by atoms with Crippen molar-refractivity contribution in [2.75, 3.05) is 6.54 Å². The highest BCUT2D eigenvalue weighted by Crippen LogP contribution is 2.37. The number of nitrogens with zero attached hydrogens (tertiary/aromatic N) is 6. The van der Waals surface area contributed by atoms with Crippen molar-refractivity contribution in [3.8, 4) is 11.4 Å². The summed E-state index contributed by atoms with van der Waals surface area (Å²) in [7, 11) is 0. The molecule has 1 saturated carbocycles. The molecule has 0 spiro atoms. The van der Waals surface area contributed by atoms with Gasteiger partial charge in [0.05, 0.1) is 28.8 Å². The smallest absolute Gasteiger partial charge is 0.258 e. The molecule has 170 valence electrons. The van der Waals surface area contributed by atoms with Crippen molar-refractivity contribution < 1.29 is 0 Å². The quantitative estimate of drug-likeness (QED) is 0.478. The van der Waals surface area contributed by atoms with E-state index in [0.29, 0.717) is 29.0 Å². The fraction of sp³-hybridized carbons (Fsp3) is 0.462. The van der Waals surface area contributed by atoms with E-state index in [1.165, 1.54) is 18.4 Å². The van der Waals surface area contributed by atoms with Crippen LogP contribution in [0.5, 0.6) is 0 Å². The highest BCUT2D eigenvalue weighted by atomic mass is 16.1. The molecule has 2 atom stereocenters. The maximum atomic E-state index is 13.1. The Morgan fingerprint density at radius 3 is 2.67 bits per heavy atom. The normalized spacial score (nSPS) is 21.8. The summed E-state index contributed by atoms with van der Waals surface area (Å²) >= 11 is 0. The zero-order valence-electron chi connectivity index (χ0n) is 19.5. The van der Waals surface area contributed by atoms with Crippen LogP contribution in [0.15, 0.2) is 41.5 Å². The number of hydrogen-bond donors (Lipinski definition) is 0. The summed E-state index contributed by atoms with van der Waals surface area (Å²) < 4.78 is 3.54. The Morgan fingerprint density at radius 1 is 1.06 bits per heavy atom. The number of piperidine rings is 1. The van der Waals surface area contributed by atoms with E-state index in [2.05, 4.69) is 34.9 Å². The van der Waals surface area contributed by atoms with Crippen LogP contribution in [0.2, 0.25) is 0 Å². The minimum absolute atomic E-state index is 0.0672. The molecule has 7 nitrogen and oxygen atoms in total. The Morgan fingerprint density at radius 2 is 1.91 bits per heavy atom. The summed E-state index contributed by atoms with van der Waals surface area (Å²) in [6.07, 6.45) is 9.76. The molecule has 2 aliphatic rings. The fourth-order valence-electron chi connectivity index (χ4n) is 5.50. The molecular weight excluding hydrogens is 412 g/mol.